The van der Waals surface area contributed by atoms with E-state index in [9.17, 15) is 22.4 Å². The van der Waals surface area contributed by atoms with Crippen LogP contribution in [0.1, 0.15) is 42.3 Å². The SMILES string of the molecule is CCN(Cc1cccc(F)c1)C(=O)COC(=O)c1ccc(C)c(S(=O)(=O)N(CC)CC)c1. The van der Waals surface area contributed by atoms with Crippen molar-refractivity contribution in [3.8, 4) is 0 Å². The summed E-state index contributed by atoms with van der Waals surface area (Å²) in [6, 6.07) is 10.2. The molecule has 9 heteroatoms. The van der Waals surface area contributed by atoms with Crippen molar-refractivity contribution in [1.29, 1.82) is 0 Å². The number of hydrogen-bond acceptors (Lipinski definition) is 5. The van der Waals surface area contributed by atoms with Crippen LogP contribution >= 0.6 is 0 Å². The highest BCUT2D eigenvalue weighted by Gasteiger charge is 2.25. The van der Waals surface area contributed by atoms with Crippen molar-refractivity contribution in [3.05, 3.63) is 65.0 Å². The first-order chi connectivity index (χ1) is 15.1. The molecule has 0 aliphatic carbocycles. The van der Waals surface area contributed by atoms with Gasteiger partial charge in [0.2, 0.25) is 10.0 Å². The first kappa shape index (κ1) is 25.5. The third-order valence-corrected chi connectivity index (χ3v) is 7.26. The third kappa shape index (κ3) is 6.14. The molecule has 0 bridgehead atoms. The lowest BCUT2D eigenvalue weighted by atomic mass is 10.1. The molecular weight excluding hydrogens is 435 g/mol. The molecule has 0 spiro atoms. The molecule has 2 aromatic rings. The number of sulfonamides is 1. The molecule has 1 amide bonds. The number of carbonyl (C=O) groups is 2. The number of rotatable bonds is 10. The maximum atomic E-state index is 13.4. The summed E-state index contributed by atoms with van der Waals surface area (Å²) in [4.78, 5) is 26.5. The van der Waals surface area contributed by atoms with Gasteiger partial charge in [0.25, 0.3) is 5.91 Å². The summed E-state index contributed by atoms with van der Waals surface area (Å²) in [5, 5.41) is 0. The second kappa shape index (κ2) is 11.2. The van der Waals surface area contributed by atoms with Gasteiger partial charge in [0.15, 0.2) is 6.61 Å². The van der Waals surface area contributed by atoms with Gasteiger partial charge in [0.05, 0.1) is 10.5 Å². The number of aryl methyl sites for hydroxylation is 1. The van der Waals surface area contributed by atoms with Crippen LogP contribution in [0.2, 0.25) is 0 Å². The molecule has 174 valence electrons. The van der Waals surface area contributed by atoms with Crippen LogP contribution in [0.4, 0.5) is 4.39 Å². The Morgan fingerprint density at radius 1 is 1.00 bits per heavy atom. The van der Waals surface area contributed by atoms with Crippen LogP contribution in [-0.2, 0) is 26.1 Å². The first-order valence-corrected chi connectivity index (χ1v) is 11.9. The molecular formula is C23H29FN2O5S. The van der Waals surface area contributed by atoms with Crippen molar-refractivity contribution in [2.75, 3.05) is 26.2 Å². The topological polar surface area (TPSA) is 84.0 Å². The minimum Gasteiger partial charge on any atom is -0.452 e. The highest BCUT2D eigenvalue weighted by Crippen LogP contribution is 2.22. The highest BCUT2D eigenvalue weighted by molar-refractivity contribution is 7.89. The van der Waals surface area contributed by atoms with Crippen LogP contribution in [0, 0.1) is 12.7 Å². The zero-order valence-electron chi connectivity index (χ0n) is 18.8. The van der Waals surface area contributed by atoms with Gasteiger partial charge in [-0.05, 0) is 49.2 Å². The number of halogens is 1. The Balaban J connectivity index is 2.11. The molecule has 0 aliphatic heterocycles. The molecule has 0 aliphatic rings. The molecule has 0 radical (unpaired) electrons. The van der Waals surface area contributed by atoms with Crippen molar-refractivity contribution in [1.82, 2.24) is 9.21 Å². The van der Waals surface area contributed by atoms with Crippen LogP contribution in [0.25, 0.3) is 0 Å². The maximum absolute atomic E-state index is 13.4. The molecule has 32 heavy (non-hydrogen) atoms. The summed E-state index contributed by atoms with van der Waals surface area (Å²) < 4.78 is 45.6. The van der Waals surface area contributed by atoms with Gasteiger partial charge in [-0.2, -0.15) is 4.31 Å². The van der Waals surface area contributed by atoms with E-state index < -0.39 is 34.3 Å². The second-order valence-corrected chi connectivity index (χ2v) is 9.09. The number of amides is 1. The smallest absolute Gasteiger partial charge is 0.338 e. The number of ether oxygens (including phenoxy) is 1. The Kier molecular flexibility index (Phi) is 8.91. The van der Waals surface area contributed by atoms with Gasteiger partial charge in [-0.3, -0.25) is 4.79 Å². The molecule has 0 atom stereocenters. The summed E-state index contributed by atoms with van der Waals surface area (Å²) in [5.41, 5.74) is 1.18. The molecule has 0 saturated carbocycles. The zero-order chi connectivity index (χ0) is 23.9. The fraction of sp³-hybridized carbons (Fsp3) is 0.391. The Morgan fingerprint density at radius 3 is 2.28 bits per heavy atom. The largest absolute Gasteiger partial charge is 0.452 e. The van der Waals surface area contributed by atoms with Crippen molar-refractivity contribution in [2.45, 2.75) is 39.1 Å². The van der Waals surface area contributed by atoms with Crippen LogP contribution < -0.4 is 0 Å². The molecule has 0 N–H and O–H groups in total. The van der Waals surface area contributed by atoms with E-state index >= 15 is 0 Å². The van der Waals surface area contributed by atoms with Gasteiger partial charge in [-0.1, -0.05) is 32.0 Å². The van der Waals surface area contributed by atoms with Crippen molar-refractivity contribution >= 4 is 21.9 Å². The van der Waals surface area contributed by atoms with Gasteiger partial charge in [-0.15, -0.1) is 0 Å². The van der Waals surface area contributed by atoms with E-state index in [0.717, 1.165) is 0 Å². The normalized spacial score (nSPS) is 11.4. The predicted molar refractivity (Wildman–Crippen MR) is 119 cm³/mol. The second-order valence-electron chi connectivity index (χ2n) is 7.18. The fourth-order valence-corrected chi connectivity index (χ4v) is 4.95. The molecule has 0 heterocycles. The van der Waals surface area contributed by atoms with E-state index in [2.05, 4.69) is 0 Å². The summed E-state index contributed by atoms with van der Waals surface area (Å²) >= 11 is 0. The van der Waals surface area contributed by atoms with Crippen molar-refractivity contribution in [3.63, 3.8) is 0 Å². The van der Waals surface area contributed by atoms with Gasteiger partial charge in [0, 0.05) is 26.2 Å². The fourth-order valence-electron chi connectivity index (χ4n) is 3.24. The highest BCUT2D eigenvalue weighted by atomic mass is 32.2. The standard InChI is InChI=1S/C23H29FN2O5S/c1-5-25(15-18-9-8-10-20(24)13-18)22(27)16-31-23(28)19-12-11-17(4)21(14-19)32(29,30)26(6-2)7-3/h8-14H,5-7,15-16H2,1-4H3. The van der Waals surface area contributed by atoms with Crippen molar-refractivity contribution < 1.29 is 27.1 Å². The van der Waals surface area contributed by atoms with Gasteiger partial charge in [0.1, 0.15) is 5.82 Å². The van der Waals surface area contributed by atoms with E-state index in [1.54, 1.807) is 39.8 Å². The Labute approximate surface area is 188 Å². The number of hydrogen-bond donors (Lipinski definition) is 0. The average molecular weight is 465 g/mol. The lowest BCUT2D eigenvalue weighted by Crippen LogP contribution is -2.34. The quantitative estimate of drug-likeness (QED) is 0.504. The number of carbonyl (C=O) groups excluding carboxylic acids is 2. The van der Waals surface area contributed by atoms with Gasteiger partial charge in [-0.25, -0.2) is 17.6 Å². The van der Waals surface area contributed by atoms with E-state index in [0.29, 0.717) is 30.8 Å². The van der Waals surface area contributed by atoms with Crippen LogP contribution in [0.15, 0.2) is 47.4 Å². The molecule has 0 fully saturated rings. The van der Waals surface area contributed by atoms with Gasteiger partial charge < -0.3 is 9.64 Å². The zero-order valence-corrected chi connectivity index (χ0v) is 19.6. The van der Waals surface area contributed by atoms with Crippen LogP contribution in [0.5, 0.6) is 0 Å². The van der Waals surface area contributed by atoms with Crippen LogP contribution in [0.3, 0.4) is 0 Å². The molecule has 0 saturated heterocycles. The van der Waals surface area contributed by atoms with E-state index in [1.807, 2.05) is 0 Å². The molecule has 7 nitrogen and oxygen atoms in total. The summed E-state index contributed by atoms with van der Waals surface area (Å²) in [6.07, 6.45) is 0. The lowest BCUT2D eigenvalue weighted by molar-refractivity contribution is -0.134. The molecule has 0 unspecified atom stereocenters. The third-order valence-electron chi connectivity index (χ3n) is 5.07. The minimum atomic E-state index is -3.75. The monoisotopic (exact) mass is 464 g/mol. The number of likely N-dealkylation sites (N-methyl/N-ethyl adjacent to an activating group) is 1. The minimum absolute atomic E-state index is 0.0308. The number of esters is 1. The lowest BCUT2D eigenvalue weighted by Gasteiger charge is -2.21. The summed E-state index contributed by atoms with van der Waals surface area (Å²) in [6.45, 7) is 7.54. The number of benzene rings is 2. The van der Waals surface area contributed by atoms with Crippen LogP contribution in [-0.4, -0.2) is 55.7 Å². The first-order valence-electron chi connectivity index (χ1n) is 10.4. The van der Waals surface area contributed by atoms with Gasteiger partial charge >= 0.3 is 5.97 Å². The maximum Gasteiger partial charge on any atom is 0.338 e. The Bertz CT molecular complexity index is 1070. The Hall–Kier alpha value is -2.78. The van der Waals surface area contributed by atoms with E-state index in [-0.39, 0.29) is 17.0 Å². The summed E-state index contributed by atoms with van der Waals surface area (Å²) in [7, 11) is -3.75. The molecule has 2 rings (SSSR count). The van der Waals surface area contributed by atoms with E-state index in [4.69, 9.17) is 4.74 Å². The summed E-state index contributed by atoms with van der Waals surface area (Å²) in [5.74, 6) is -1.63. The molecule has 2 aromatic carbocycles. The number of nitrogens with zero attached hydrogens (tertiary/aromatic N) is 2. The molecule has 0 aromatic heterocycles. The average Bonchev–Trinajstić information content (AvgIpc) is 2.76. The van der Waals surface area contributed by atoms with E-state index in [1.165, 1.54) is 39.5 Å². The van der Waals surface area contributed by atoms with Crippen molar-refractivity contribution in [2.24, 2.45) is 0 Å². The predicted octanol–water partition coefficient (Wildman–Crippen LogP) is 3.37. The Morgan fingerprint density at radius 2 is 1.69 bits per heavy atom.